The summed E-state index contributed by atoms with van der Waals surface area (Å²) in [7, 11) is 0. The van der Waals surface area contributed by atoms with Gasteiger partial charge in [0.25, 0.3) is 0 Å². The minimum absolute atomic E-state index is 0.121. The average molecular weight is 443 g/mol. The number of hydrogen-bond acceptors (Lipinski definition) is 3. The van der Waals surface area contributed by atoms with E-state index in [-0.39, 0.29) is 17.1 Å². The maximum Gasteiger partial charge on any atom is 0.416 e. The van der Waals surface area contributed by atoms with Crippen LogP contribution < -0.4 is 0 Å². The Hall–Kier alpha value is -3.51. The monoisotopic (exact) mass is 442 g/mol. The van der Waals surface area contributed by atoms with Crippen molar-refractivity contribution in [3.63, 3.8) is 0 Å². The number of carbonyl (C=O) groups excluding carboxylic acids is 1. The van der Waals surface area contributed by atoms with Crippen LogP contribution in [0.15, 0.2) is 87.7 Å². The Morgan fingerprint density at radius 1 is 0.871 bits per heavy atom. The van der Waals surface area contributed by atoms with Gasteiger partial charge in [-0.05, 0) is 60.7 Å². The van der Waals surface area contributed by atoms with Crippen molar-refractivity contribution in [1.82, 2.24) is 0 Å². The number of alkyl halides is 3. The first-order valence-corrected chi connectivity index (χ1v) is 9.54. The molecule has 0 saturated heterocycles. The van der Waals surface area contributed by atoms with E-state index in [1.165, 1.54) is 24.3 Å². The molecule has 0 aliphatic heterocycles. The van der Waals surface area contributed by atoms with Crippen LogP contribution in [0.1, 0.15) is 21.9 Å². The summed E-state index contributed by atoms with van der Waals surface area (Å²) in [6.07, 6.45) is -1.75. The number of ketones is 1. The molecule has 0 spiro atoms. The average Bonchev–Trinajstić information content (AvgIpc) is 3.42. The van der Waals surface area contributed by atoms with E-state index < -0.39 is 17.5 Å². The molecule has 0 bridgehead atoms. The van der Waals surface area contributed by atoms with Gasteiger partial charge in [0.1, 0.15) is 17.3 Å². The molecule has 7 heteroatoms. The molecule has 0 aliphatic carbocycles. The van der Waals surface area contributed by atoms with E-state index in [0.717, 1.165) is 12.1 Å². The lowest BCUT2D eigenvalue weighted by molar-refractivity contribution is -0.137. The zero-order chi connectivity index (χ0) is 22.0. The van der Waals surface area contributed by atoms with E-state index in [4.69, 9.17) is 20.4 Å². The summed E-state index contributed by atoms with van der Waals surface area (Å²) in [5.74, 6) is 0.772. The van der Waals surface area contributed by atoms with Crippen molar-refractivity contribution in [2.75, 3.05) is 0 Å². The molecule has 0 atom stereocenters. The fraction of sp³-hybridized carbons (Fsp3) is 0.0417. The highest BCUT2D eigenvalue weighted by molar-refractivity contribution is 6.33. The van der Waals surface area contributed by atoms with Crippen molar-refractivity contribution in [2.45, 2.75) is 6.18 Å². The number of halogens is 4. The van der Waals surface area contributed by atoms with Crippen molar-refractivity contribution in [1.29, 1.82) is 0 Å². The molecular weight excluding hydrogens is 429 g/mol. The number of furan rings is 2. The standard InChI is InChI=1S/C24H14ClF3O3/c25-19-7-2-1-6-18(19)22-12-13-23(31-22)20(29)10-8-17-9-11-21(30-17)15-4-3-5-16(14-15)24(26,27)28/h1-14H. The molecule has 2 aromatic carbocycles. The van der Waals surface area contributed by atoms with Crippen LogP contribution in [0, 0.1) is 0 Å². The summed E-state index contributed by atoms with van der Waals surface area (Å²) < 4.78 is 49.8. The molecular formula is C24H14ClF3O3. The second-order valence-electron chi connectivity index (χ2n) is 6.62. The SMILES string of the molecule is O=C(C=Cc1ccc(-c2cccc(C(F)(F)F)c2)o1)c1ccc(-c2ccccc2Cl)o1. The van der Waals surface area contributed by atoms with Gasteiger partial charge in [-0.3, -0.25) is 4.79 Å². The van der Waals surface area contributed by atoms with Crippen LogP contribution in [0.2, 0.25) is 5.02 Å². The number of benzene rings is 2. The third-order valence-electron chi connectivity index (χ3n) is 4.49. The number of hydrogen-bond donors (Lipinski definition) is 0. The summed E-state index contributed by atoms with van der Waals surface area (Å²) >= 11 is 6.14. The van der Waals surface area contributed by atoms with Crippen LogP contribution in [0.3, 0.4) is 0 Å². The summed E-state index contributed by atoms with van der Waals surface area (Å²) in [4.78, 5) is 12.4. The third kappa shape index (κ3) is 4.64. The lowest BCUT2D eigenvalue weighted by Crippen LogP contribution is -2.04. The maximum atomic E-state index is 12.9. The molecule has 31 heavy (non-hydrogen) atoms. The number of rotatable bonds is 5. The Labute approximate surface area is 180 Å². The van der Waals surface area contributed by atoms with E-state index in [1.807, 2.05) is 6.07 Å². The van der Waals surface area contributed by atoms with Crippen molar-refractivity contribution in [3.05, 3.63) is 101 Å². The zero-order valence-corrected chi connectivity index (χ0v) is 16.6. The summed E-state index contributed by atoms with van der Waals surface area (Å²) in [6, 6.07) is 18.2. The maximum absolute atomic E-state index is 12.9. The zero-order valence-electron chi connectivity index (χ0n) is 15.8. The van der Waals surface area contributed by atoms with Gasteiger partial charge in [-0.1, -0.05) is 35.9 Å². The molecule has 0 fully saturated rings. The first kappa shape index (κ1) is 20.8. The van der Waals surface area contributed by atoms with Crippen LogP contribution in [-0.2, 0) is 6.18 Å². The molecule has 3 nitrogen and oxygen atoms in total. The topological polar surface area (TPSA) is 43.4 Å². The van der Waals surface area contributed by atoms with E-state index in [2.05, 4.69) is 0 Å². The highest BCUT2D eigenvalue weighted by atomic mass is 35.5. The Kier molecular flexibility index (Phi) is 5.57. The van der Waals surface area contributed by atoms with Gasteiger partial charge in [-0.2, -0.15) is 13.2 Å². The quantitative estimate of drug-likeness (QED) is 0.234. The van der Waals surface area contributed by atoms with Crippen LogP contribution in [0.5, 0.6) is 0 Å². The van der Waals surface area contributed by atoms with Gasteiger partial charge in [-0.15, -0.1) is 0 Å². The predicted octanol–water partition coefficient (Wildman–Crippen LogP) is 7.77. The predicted molar refractivity (Wildman–Crippen MR) is 112 cm³/mol. The molecule has 0 unspecified atom stereocenters. The fourth-order valence-electron chi connectivity index (χ4n) is 2.96. The Morgan fingerprint density at radius 3 is 2.42 bits per heavy atom. The molecule has 0 radical (unpaired) electrons. The summed E-state index contributed by atoms with van der Waals surface area (Å²) in [5.41, 5.74) is 0.195. The number of allylic oxidation sites excluding steroid dienone is 1. The molecule has 0 aliphatic rings. The van der Waals surface area contributed by atoms with Gasteiger partial charge in [0.05, 0.1) is 10.6 Å². The fourth-order valence-corrected chi connectivity index (χ4v) is 3.19. The minimum atomic E-state index is -4.44. The lowest BCUT2D eigenvalue weighted by atomic mass is 10.1. The van der Waals surface area contributed by atoms with E-state index in [0.29, 0.717) is 22.1 Å². The van der Waals surface area contributed by atoms with Gasteiger partial charge in [0, 0.05) is 11.1 Å². The van der Waals surface area contributed by atoms with E-state index >= 15 is 0 Å². The smallest absolute Gasteiger partial charge is 0.416 e. The molecule has 0 N–H and O–H groups in total. The van der Waals surface area contributed by atoms with Crippen molar-refractivity contribution < 1.29 is 26.8 Å². The van der Waals surface area contributed by atoms with Crippen LogP contribution in [0.4, 0.5) is 13.2 Å². The highest BCUT2D eigenvalue weighted by Crippen LogP contribution is 2.33. The van der Waals surface area contributed by atoms with E-state index in [1.54, 1.807) is 42.5 Å². The lowest BCUT2D eigenvalue weighted by Gasteiger charge is -2.07. The Balaban J connectivity index is 1.50. The highest BCUT2D eigenvalue weighted by Gasteiger charge is 2.30. The number of carbonyl (C=O) groups is 1. The summed E-state index contributed by atoms with van der Waals surface area (Å²) in [6.45, 7) is 0. The Morgan fingerprint density at radius 2 is 1.65 bits per heavy atom. The molecule has 2 aromatic heterocycles. The van der Waals surface area contributed by atoms with Crippen LogP contribution >= 0.6 is 11.6 Å². The van der Waals surface area contributed by atoms with Crippen LogP contribution in [-0.4, -0.2) is 5.78 Å². The second-order valence-corrected chi connectivity index (χ2v) is 7.03. The minimum Gasteiger partial charge on any atom is -0.457 e. The van der Waals surface area contributed by atoms with Crippen molar-refractivity contribution >= 4 is 23.5 Å². The molecule has 2 heterocycles. The van der Waals surface area contributed by atoms with Gasteiger partial charge in [-0.25, -0.2) is 0 Å². The van der Waals surface area contributed by atoms with Crippen molar-refractivity contribution in [2.24, 2.45) is 0 Å². The van der Waals surface area contributed by atoms with E-state index in [9.17, 15) is 18.0 Å². The third-order valence-corrected chi connectivity index (χ3v) is 4.82. The van der Waals surface area contributed by atoms with Crippen molar-refractivity contribution in [3.8, 4) is 22.6 Å². The second kappa shape index (κ2) is 8.32. The summed E-state index contributed by atoms with van der Waals surface area (Å²) in [5, 5.41) is 0.504. The van der Waals surface area contributed by atoms with Gasteiger partial charge in [0.2, 0.25) is 5.78 Å². The molecule has 156 valence electrons. The molecule has 0 saturated carbocycles. The first-order chi connectivity index (χ1) is 14.8. The molecule has 4 rings (SSSR count). The van der Waals surface area contributed by atoms with Gasteiger partial charge >= 0.3 is 6.18 Å². The first-order valence-electron chi connectivity index (χ1n) is 9.16. The van der Waals surface area contributed by atoms with Crippen LogP contribution in [0.25, 0.3) is 28.7 Å². The van der Waals surface area contributed by atoms with Gasteiger partial charge in [0.15, 0.2) is 5.76 Å². The normalized spacial score (nSPS) is 11.9. The Bertz CT molecular complexity index is 1260. The molecule has 0 amide bonds. The molecule has 4 aromatic rings. The van der Waals surface area contributed by atoms with Gasteiger partial charge < -0.3 is 8.83 Å². The largest absolute Gasteiger partial charge is 0.457 e.